The minimum Gasteiger partial charge on any atom is -0.494 e. The number of aliphatic hydroxyl groups excluding tert-OH is 1. The van der Waals surface area contributed by atoms with Gasteiger partial charge in [0, 0.05) is 25.1 Å². The number of halogens is 1. The maximum absolute atomic E-state index is 14.0. The van der Waals surface area contributed by atoms with Crippen molar-refractivity contribution in [3.05, 3.63) is 53.5 Å². The third kappa shape index (κ3) is 3.92. The Morgan fingerprint density at radius 2 is 1.95 bits per heavy atom. The third-order valence-corrected chi connectivity index (χ3v) is 3.20. The number of hydrogen-bond acceptors (Lipinski definition) is 4. The van der Waals surface area contributed by atoms with Crippen molar-refractivity contribution in [2.24, 2.45) is 0 Å². The van der Waals surface area contributed by atoms with Crippen molar-refractivity contribution < 1.29 is 19.0 Å². The number of methoxy groups -OCH3 is 2. The van der Waals surface area contributed by atoms with Gasteiger partial charge in [-0.3, -0.25) is 0 Å². The van der Waals surface area contributed by atoms with Gasteiger partial charge in [-0.25, -0.2) is 9.37 Å². The summed E-state index contributed by atoms with van der Waals surface area (Å²) in [6.07, 6.45) is 1.56. The molecule has 1 aromatic heterocycles. The molecule has 0 saturated carbocycles. The lowest BCUT2D eigenvalue weighted by Gasteiger charge is -2.13. The molecular weight excluding hydrogens is 273 g/mol. The second-order valence-electron chi connectivity index (χ2n) is 4.70. The predicted octanol–water partition coefficient (Wildman–Crippen LogP) is 2.38. The van der Waals surface area contributed by atoms with Crippen molar-refractivity contribution in [3.63, 3.8) is 0 Å². The fourth-order valence-electron chi connectivity index (χ4n) is 2.12. The molecule has 0 aliphatic heterocycles. The molecule has 2 aromatic rings. The number of aliphatic hydroxyl groups is 1. The zero-order valence-electron chi connectivity index (χ0n) is 12.0. The summed E-state index contributed by atoms with van der Waals surface area (Å²) in [5.74, 6) is 0.282. The summed E-state index contributed by atoms with van der Waals surface area (Å²) >= 11 is 0. The molecular formula is C16H18FNO3. The smallest absolute Gasteiger partial charge is 0.212 e. The molecule has 5 heteroatoms. The van der Waals surface area contributed by atoms with E-state index in [1.54, 1.807) is 37.6 Å². The number of aromatic nitrogens is 1. The summed E-state index contributed by atoms with van der Waals surface area (Å²) in [5, 5.41) is 10.1. The lowest BCUT2D eigenvalue weighted by atomic mass is 10.0. The monoisotopic (exact) mass is 291 g/mol. The van der Waals surface area contributed by atoms with Crippen LogP contribution in [0.3, 0.4) is 0 Å². The molecule has 0 radical (unpaired) electrons. The van der Waals surface area contributed by atoms with Gasteiger partial charge in [0.1, 0.15) is 0 Å². The first-order valence-electron chi connectivity index (χ1n) is 6.62. The SMILES string of the molecule is COc1ccc(CC(O)Cc2cccc(OC)c2F)cn1. The van der Waals surface area contributed by atoms with Crippen LogP contribution >= 0.6 is 0 Å². The van der Waals surface area contributed by atoms with E-state index in [1.807, 2.05) is 6.07 Å². The molecule has 1 heterocycles. The molecule has 2 rings (SSSR count). The molecule has 1 atom stereocenters. The van der Waals surface area contributed by atoms with Gasteiger partial charge in [0.25, 0.3) is 0 Å². The molecule has 1 N–H and O–H groups in total. The lowest BCUT2D eigenvalue weighted by Crippen LogP contribution is -2.15. The minimum atomic E-state index is -0.693. The topological polar surface area (TPSA) is 51.6 Å². The Balaban J connectivity index is 2.02. The highest BCUT2D eigenvalue weighted by molar-refractivity contribution is 5.31. The van der Waals surface area contributed by atoms with Gasteiger partial charge >= 0.3 is 0 Å². The average molecular weight is 291 g/mol. The zero-order valence-corrected chi connectivity index (χ0v) is 12.0. The van der Waals surface area contributed by atoms with Crippen LogP contribution < -0.4 is 9.47 Å². The summed E-state index contributed by atoms with van der Waals surface area (Å²) < 4.78 is 23.9. The van der Waals surface area contributed by atoms with Crippen LogP contribution in [-0.4, -0.2) is 30.4 Å². The van der Waals surface area contributed by atoms with Crippen molar-refractivity contribution in [2.75, 3.05) is 14.2 Å². The number of nitrogens with zero attached hydrogens (tertiary/aromatic N) is 1. The molecule has 0 saturated heterocycles. The summed E-state index contributed by atoms with van der Waals surface area (Å²) in [4.78, 5) is 4.07. The molecule has 21 heavy (non-hydrogen) atoms. The summed E-state index contributed by atoms with van der Waals surface area (Å²) in [7, 11) is 2.96. The van der Waals surface area contributed by atoms with Crippen molar-refractivity contribution in [3.8, 4) is 11.6 Å². The molecule has 0 spiro atoms. The van der Waals surface area contributed by atoms with Crippen molar-refractivity contribution in [1.82, 2.24) is 4.98 Å². The average Bonchev–Trinajstić information content (AvgIpc) is 2.50. The van der Waals surface area contributed by atoms with E-state index >= 15 is 0 Å². The van der Waals surface area contributed by atoms with Gasteiger partial charge in [-0.2, -0.15) is 0 Å². The summed E-state index contributed by atoms with van der Waals surface area (Å²) in [5.41, 5.74) is 1.30. The fourth-order valence-corrected chi connectivity index (χ4v) is 2.12. The van der Waals surface area contributed by atoms with Crippen molar-refractivity contribution in [2.45, 2.75) is 18.9 Å². The standard InChI is InChI=1S/C16H18FNO3/c1-20-14-5-3-4-12(16(14)17)9-13(19)8-11-6-7-15(21-2)18-10-11/h3-7,10,13,19H,8-9H2,1-2H3. The maximum atomic E-state index is 14.0. The normalized spacial score (nSPS) is 12.0. The van der Waals surface area contributed by atoms with Crippen LogP contribution in [0.4, 0.5) is 4.39 Å². The number of benzene rings is 1. The van der Waals surface area contributed by atoms with E-state index in [2.05, 4.69) is 4.98 Å². The summed E-state index contributed by atoms with van der Waals surface area (Å²) in [6, 6.07) is 8.47. The van der Waals surface area contributed by atoms with Gasteiger partial charge in [-0.1, -0.05) is 18.2 Å². The largest absolute Gasteiger partial charge is 0.494 e. The van der Waals surface area contributed by atoms with E-state index in [4.69, 9.17) is 9.47 Å². The Kier molecular flexibility index (Phi) is 5.11. The van der Waals surface area contributed by atoms with E-state index in [-0.39, 0.29) is 12.2 Å². The minimum absolute atomic E-state index is 0.186. The molecule has 0 aliphatic rings. The Hall–Kier alpha value is -2.14. The quantitative estimate of drug-likeness (QED) is 0.888. The van der Waals surface area contributed by atoms with Crippen LogP contribution in [0, 0.1) is 5.82 Å². The van der Waals surface area contributed by atoms with Gasteiger partial charge in [0.2, 0.25) is 5.88 Å². The maximum Gasteiger partial charge on any atom is 0.212 e. The van der Waals surface area contributed by atoms with Gasteiger partial charge in [-0.15, -0.1) is 0 Å². The highest BCUT2D eigenvalue weighted by Crippen LogP contribution is 2.21. The molecule has 1 aromatic carbocycles. The Morgan fingerprint density at radius 3 is 2.57 bits per heavy atom. The zero-order chi connectivity index (χ0) is 15.2. The van der Waals surface area contributed by atoms with Gasteiger partial charge in [0.15, 0.2) is 11.6 Å². The van der Waals surface area contributed by atoms with Crippen molar-refractivity contribution in [1.29, 1.82) is 0 Å². The van der Waals surface area contributed by atoms with E-state index in [0.717, 1.165) is 5.56 Å². The van der Waals surface area contributed by atoms with Crippen LogP contribution in [0.2, 0.25) is 0 Å². The molecule has 1 unspecified atom stereocenters. The molecule has 0 fully saturated rings. The van der Waals surface area contributed by atoms with Gasteiger partial charge < -0.3 is 14.6 Å². The summed E-state index contributed by atoms with van der Waals surface area (Å²) in [6.45, 7) is 0. The van der Waals surface area contributed by atoms with Crippen LogP contribution in [0.5, 0.6) is 11.6 Å². The third-order valence-electron chi connectivity index (χ3n) is 3.20. The van der Waals surface area contributed by atoms with Crippen LogP contribution in [0.15, 0.2) is 36.5 Å². The van der Waals surface area contributed by atoms with Gasteiger partial charge in [-0.05, 0) is 17.2 Å². The Morgan fingerprint density at radius 1 is 1.14 bits per heavy atom. The first-order chi connectivity index (χ1) is 10.1. The second-order valence-corrected chi connectivity index (χ2v) is 4.70. The van der Waals surface area contributed by atoms with Crippen LogP contribution in [0.1, 0.15) is 11.1 Å². The Labute approximate surface area is 123 Å². The number of ether oxygens (including phenoxy) is 2. The first kappa shape index (κ1) is 15.3. The van der Waals surface area contributed by atoms with E-state index in [0.29, 0.717) is 17.9 Å². The van der Waals surface area contributed by atoms with Crippen LogP contribution in [-0.2, 0) is 12.8 Å². The predicted molar refractivity (Wildman–Crippen MR) is 77.2 cm³/mol. The number of pyridine rings is 1. The first-order valence-corrected chi connectivity index (χ1v) is 6.62. The second kappa shape index (κ2) is 7.04. The fraction of sp³-hybridized carbons (Fsp3) is 0.312. The lowest BCUT2D eigenvalue weighted by molar-refractivity contribution is 0.173. The molecule has 112 valence electrons. The molecule has 4 nitrogen and oxygen atoms in total. The van der Waals surface area contributed by atoms with Crippen molar-refractivity contribution >= 4 is 0 Å². The van der Waals surface area contributed by atoms with E-state index < -0.39 is 11.9 Å². The van der Waals surface area contributed by atoms with Gasteiger partial charge in [0.05, 0.1) is 20.3 Å². The van der Waals surface area contributed by atoms with E-state index in [1.165, 1.54) is 7.11 Å². The van der Waals surface area contributed by atoms with E-state index in [9.17, 15) is 9.50 Å². The highest BCUT2D eigenvalue weighted by atomic mass is 19.1. The highest BCUT2D eigenvalue weighted by Gasteiger charge is 2.13. The van der Waals surface area contributed by atoms with Crippen LogP contribution in [0.25, 0.3) is 0 Å². The molecule has 0 aliphatic carbocycles. The molecule has 0 bridgehead atoms. The Bertz CT molecular complexity index is 587. The number of hydrogen-bond donors (Lipinski definition) is 1. The number of rotatable bonds is 6. The molecule has 0 amide bonds.